The number of hydrogen-bond donors (Lipinski definition) is 1. The van der Waals surface area contributed by atoms with Crippen LogP contribution in [0.3, 0.4) is 0 Å². The molecule has 0 rings (SSSR count). The third-order valence-electron chi connectivity index (χ3n) is 0.875. The second-order valence-electron chi connectivity index (χ2n) is 3.25. The second-order valence-corrected chi connectivity index (χ2v) is 3.25. The quantitative estimate of drug-likeness (QED) is 0.579. The Bertz CT molecular complexity index is 59.3. The minimum absolute atomic E-state index is 0.228. The Hall–Kier alpha value is -0.0400. The molecule has 1 unspecified atom stereocenters. The molecule has 0 heterocycles. The molecule has 1 radical (unpaired) electrons. The minimum atomic E-state index is -0.228. The van der Waals surface area contributed by atoms with E-state index < -0.39 is 0 Å². The minimum Gasteiger partial charge on any atom is -0.325 e. The summed E-state index contributed by atoms with van der Waals surface area (Å²) in [6.45, 7) is 10.0. The van der Waals surface area contributed by atoms with Crippen LogP contribution < -0.4 is 5.73 Å². The zero-order chi connectivity index (χ0) is 6.78. The summed E-state index contributed by atoms with van der Waals surface area (Å²) < 4.78 is 0. The van der Waals surface area contributed by atoms with Crippen LogP contribution in [0.15, 0.2) is 0 Å². The van der Waals surface area contributed by atoms with Crippen molar-refractivity contribution >= 4 is 0 Å². The van der Waals surface area contributed by atoms with Gasteiger partial charge in [0.25, 0.3) is 0 Å². The average Bonchev–Trinajstić information content (AvgIpc) is 1.21. The zero-order valence-corrected chi connectivity index (χ0v) is 6.07. The van der Waals surface area contributed by atoms with E-state index in [1.807, 2.05) is 6.92 Å². The molecule has 1 heteroatoms. The van der Waals surface area contributed by atoms with Gasteiger partial charge in [0.1, 0.15) is 0 Å². The van der Waals surface area contributed by atoms with Gasteiger partial charge in [-0.25, -0.2) is 0 Å². The molecule has 49 valence electrons. The largest absolute Gasteiger partial charge is 0.325 e. The molecule has 1 nitrogen and oxygen atoms in total. The fourth-order valence-corrected chi connectivity index (χ4v) is 0.933. The summed E-state index contributed by atoms with van der Waals surface area (Å²) in [5.41, 5.74) is 5.40. The Morgan fingerprint density at radius 3 is 2.00 bits per heavy atom. The van der Waals surface area contributed by atoms with Crippen LogP contribution in [0.1, 0.15) is 27.2 Å². The van der Waals surface area contributed by atoms with Crippen LogP contribution in [0, 0.1) is 12.8 Å². The van der Waals surface area contributed by atoms with E-state index >= 15 is 0 Å². The van der Waals surface area contributed by atoms with Crippen LogP contribution in [0.2, 0.25) is 0 Å². The molecule has 0 saturated heterocycles. The first-order chi connectivity index (χ1) is 3.42. The van der Waals surface area contributed by atoms with Crippen molar-refractivity contribution < 1.29 is 0 Å². The van der Waals surface area contributed by atoms with E-state index in [-0.39, 0.29) is 5.54 Å². The highest BCUT2D eigenvalue weighted by Crippen LogP contribution is 2.10. The van der Waals surface area contributed by atoms with Gasteiger partial charge in [0, 0.05) is 5.54 Å². The van der Waals surface area contributed by atoms with Crippen LogP contribution in [0.5, 0.6) is 0 Å². The van der Waals surface area contributed by atoms with Crippen molar-refractivity contribution in [3.63, 3.8) is 0 Å². The molecule has 0 aliphatic carbocycles. The Morgan fingerprint density at radius 1 is 1.62 bits per heavy atom. The number of rotatable bonds is 2. The van der Waals surface area contributed by atoms with Crippen molar-refractivity contribution in [1.29, 1.82) is 0 Å². The van der Waals surface area contributed by atoms with Gasteiger partial charge in [-0.05, 0) is 26.2 Å². The van der Waals surface area contributed by atoms with Gasteiger partial charge >= 0.3 is 0 Å². The molecule has 0 aromatic rings. The lowest BCUT2D eigenvalue weighted by molar-refractivity contribution is 0.436. The van der Waals surface area contributed by atoms with Crippen molar-refractivity contribution in [2.75, 3.05) is 0 Å². The normalized spacial score (nSPS) is 12.8. The number of hydrogen-bond acceptors (Lipinski definition) is 1. The molecule has 0 fully saturated rings. The first-order valence-corrected chi connectivity index (χ1v) is 3.06. The maximum Gasteiger partial charge on any atom is 0.0129 e. The summed E-state index contributed by atoms with van der Waals surface area (Å²) in [6.07, 6.45) is 0.993. The smallest absolute Gasteiger partial charge is 0.0129 e. The second kappa shape index (κ2) is 2.49. The predicted molar refractivity (Wildman–Crippen MR) is 37.4 cm³/mol. The molecule has 2 N–H and O–H groups in total. The van der Waals surface area contributed by atoms with Gasteiger partial charge in [-0.1, -0.05) is 13.8 Å². The Kier molecular flexibility index (Phi) is 2.48. The summed E-state index contributed by atoms with van der Waals surface area (Å²) in [5.74, 6) is 0.655. The van der Waals surface area contributed by atoms with Gasteiger partial charge in [-0.15, -0.1) is 0 Å². The Balaban J connectivity index is 3.39. The molecule has 0 aromatic carbocycles. The first kappa shape index (κ1) is 7.96. The molecule has 0 saturated carbocycles. The van der Waals surface area contributed by atoms with Crippen molar-refractivity contribution in [2.24, 2.45) is 11.7 Å². The van der Waals surface area contributed by atoms with Crippen molar-refractivity contribution in [1.82, 2.24) is 0 Å². The van der Waals surface area contributed by atoms with Crippen LogP contribution in [-0.2, 0) is 0 Å². The van der Waals surface area contributed by atoms with Gasteiger partial charge < -0.3 is 5.73 Å². The molecule has 1 atom stereocenters. The molecule has 0 aromatic heterocycles. The van der Waals surface area contributed by atoms with E-state index in [1.54, 1.807) is 0 Å². The summed E-state index contributed by atoms with van der Waals surface area (Å²) >= 11 is 0. The fourth-order valence-electron chi connectivity index (χ4n) is 0.933. The first-order valence-electron chi connectivity index (χ1n) is 3.06. The molecule has 0 aliphatic heterocycles. The average molecular weight is 114 g/mol. The van der Waals surface area contributed by atoms with Crippen LogP contribution >= 0.6 is 0 Å². The van der Waals surface area contributed by atoms with Gasteiger partial charge in [0.2, 0.25) is 0 Å². The highest BCUT2D eigenvalue weighted by Gasteiger charge is 2.11. The molecular weight excluding hydrogens is 98.1 g/mol. The lowest BCUT2D eigenvalue weighted by Crippen LogP contribution is -2.33. The Morgan fingerprint density at radius 2 is 2.00 bits per heavy atom. The standard InChI is InChI=1S/C7H16N/c1-6(2)5-7(3,4)8/h6H,3,5,8H2,1-2,4H3. The molecule has 0 bridgehead atoms. The third-order valence-corrected chi connectivity index (χ3v) is 0.875. The molecule has 0 amide bonds. The SMILES string of the molecule is [CH2]C(C)(N)CC(C)C. The van der Waals surface area contributed by atoms with E-state index in [9.17, 15) is 0 Å². The van der Waals surface area contributed by atoms with Crippen molar-refractivity contribution in [3.05, 3.63) is 6.92 Å². The maximum absolute atomic E-state index is 5.63. The summed E-state index contributed by atoms with van der Waals surface area (Å²) in [7, 11) is 0. The van der Waals surface area contributed by atoms with Gasteiger partial charge in [0.05, 0.1) is 0 Å². The summed E-state index contributed by atoms with van der Waals surface area (Å²) in [5, 5.41) is 0. The third kappa shape index (κ3) is 5.96. The van der Waals surface area contributed by atoms with Crippen LogP contribution in [-0.4, -0.2) is 5.54 Å². The van der Waals surface area contributed by atoms with Gasteiger partial charge in [-0.2, -0.15) is 0 Å². The highest BCUT2D eigenvalue weighted by molar-refractivity contribution is 4.81. The zero-order valence-electron chi connectivity index (χ0n) is 6.07. The molecular formula is C7H16N. The summed E-state index contributed by atoms with van der Waals surface area (Å²) in [6, 6.07) is 0. The lowest BCUT2D eigenvalue weighted by atomic mass is 9.94. The lowest BCUT2D eigenvalue weighted by Gasteiger charge is -2.19. The maximum atomic E-state index is 5.63. The molecule has 0 spiro atoms. The van der Waals surface area contributed by atoms with Crippen molar-refractivity contribution in [2.45, 2.75) is 32.7 Å². The Labute approximate surface area is 52.3 Å². The van der Waals surface area contributed by atoms with Crippen molar-refractivity contribution in [3.8, 4) is 0 Å². The van der Waals surface area contributed by atoms with E-state index in [2.05, 4.69) is 20.8 Å². The van der Waals surface area contributed by atoms with Crippen LogP contribution in [0.25, 0.3) is 0 Å². The summed E-state index contributed by atoms with van der Waals surface area (Å²) in [4.78, 5) is 0. The predicted octanol–water partition coefficient (Wildman–Crippen LogP) is 1.58. The van der Waals surface area contributed by atoms with E-state index in [0.29, 0.717) is 5.92 Å². The van der Waals surface area contributed by atoms with E-state index in [0.717, 1.165) is 6.42 Å². The topological polar surface area (TPSA) is 26.0 Å². The van der Waals surface area contributed by atoms with Gasteiger partial charge in [0.15, 0.2) is 0 Å². The molecule has 8 heavy (non-hydrogen) atoms. The van der Waals surface area contributed by atoms with Gasteiger partial charge in [-0.3, -0.25) is 0 Å². The van der Waals surface area contributed by atoms with E-state index in [1.165, 1.54) is 0 Å². The van der Waals surface area contributed by atoms with E-state index in [4.69, 9.17) is 5.73 Å². The number of nitrogens with two attached hydrogens (primary N) is 1. The molecule has 0 aliphatic rings. The fraction of sp³-hybridized carbons (Fsp3) is 0.857. The monoisotopic (exact) mass is 114 g/mol. The highest BCUT2D eigenvalue weighted by atomic mass is 14.7. The van der Waals surface area contributed by atoms with Crippen LogP contribution in [0.4, 0.5) is 0 Å².